The van der Waals surface area contributed by atoms with Gasteiger partial charge in [0, 0.05) is 9.75 Å². The lowest BCUT2D eigenvalue weighted by Crippen LogP contribution is -2.50. The minimum absolute atomic E-state index is 0.154. The van der Waals surface area contributed by atoms with Crippen LogP contribution in [0.5, 0.6) is 0 Å². The Hall–Kier alpha value is -5.02. The van der Waals surface area contributed by atoms with E-state index in [1.807, 2.05) is 74.5 Å². The average molecular weight is 739 g/mol. The molecule has 0 spiro atoms. The summed E-state index contributed by atoms with van der Waals surface area (Å²) in [4.78, 5) is 89.3. The molecule has 2 aromatic heterocycles. The van der Waals surface area contributed by atoms with Gasteiger partial charge < -0.3 is 9.47 Å². The van der Waals surface area contributed by atoms with Gasteiger partial charge in [-0.05, 0) is 49.9 Å². The van der Waals surface area contributed by atoms with E-state index in [9.17, 15) is 28.8 Å². The SMILES string of the molecule is COC(=O)c1c(N2C(=O)C3C(C2=O)N2C(c4ccccc4)C4C(=O)N(c5sc(C)c(C)c5C(=O)OC)C(=O)C4N2C3c2ccccc2)sc(C)c1C. The van der Waals surface area contributed by atoms with Crippen LogP contribution in [-0.2, 0) is 28.7 Å². The van der Waals surface area contributed by atoms with Crippen LogP contribution in [0.2, 0.25) is 0 Å². The number of carbonyl (C=O) groups is 6. The van der Waals surface area contributed by atoms with Gasteiger partial charge in [-0.1, -0.05) is 60.7 Å². The van der Waals surface area contributed by atoms with Crippen molar-refractivity contribution >= 4 is 68.2 Å². The van der Waals surface area contributed by atoms with Crippen molar-refractivity contribution in [3.05, 3.63) is 104 Å². The zero-order chi connectivity index (χ0) is 36.9. The molecule has 0 N–H and O–H groups in total. The van der Waals surface area contributed by atoms with E-state index in [4.69, 9.17) is 9.47 Å². The molecule has 4 aliphatic heterocycles. The van der Waals surface area contributed by atoms with Gasteiger partial charge in [0.05, 0.1) is 49.3 Å². The van der Waals surface area contributed by atoms with E-state index in [0.29, 0.717) is 22.3 Å². The smallest absolute Gasteiger partial charge is 0.341 e. The summed E-state index contributed by atoms with van der Waals surface area (Å²) in [5, 5.41) is 3.93. The van der Waals surface area contributed by atoms with Gasteiger partial charge in [0.1, 0.15) is 22.1 Å². The molecule has 4 aromatic rings. The number of thiophene rings is 2. The summed E-state index contributed by atoms with van der Waals surface area (Å²) in [6.45, 7) is 7.13. The first-order chi connectivity index (χ1) is 24.9. The Morgan fingerprint density at radius 3 is 1.21 bits per heavy atom. The standard InChI is InChI=1S/C38H34N4O8S2/c1-17-19(3)51-35(23(17)37(47)49-5)39-31(43)25-27(21-13-9-7-10-14-21)42-30-26(28(22-15-11-8-12-16-22)41(42)29(25)33(39)45)32(44)40(34(30)46)36-24(38(48)50-6)18(2)20(4)52-36/h7-16,25-30H,1-6H3. The molecule has 6 unspecified atom stereocenters. The summed E-state index contributed by atoms with van der Waals surface area (Å²) in [6, 6.07) is 14.5. The van der Waals surface area contributed by atoms with Crippen molar-refractivity contribution in [2.75, 3.05) is 24.0 Å². The van der Waals surface area contributed by atoms with Crippen LogP contribution >= 0.6 is 22.7 Å². The van der Waals surface area contributed by atoms with E-state index < -0.39 is 71.6 Å². The highest BCUT2D eigenvalue weighted by molar-refractivity contribution is 7.17. The fourth-order valence-corrected chi connectivity index (χ4v) is 10.7. The number of ether oxygens (including phenoxy) is 2. The van der Waals surface area contributed by atoms with Crippen molar-refractivity contribution in [3.8, 4) is 0 Å². The van der Waals surface area contributed by atoms with Gasteiger partial charge in [-0.3, -0.25) is 19.2 Å². The maximum atomic E-state index is 14.9. The summed E-state index contributed by atoms with van der Waals surface area (Å²) in [5.41, 5.74) is 2.90. The quantitative estimate of drug-likeness (QED) is 0.195. The number of anilines is 2. The van der Waals surface area contributed by atoms with Crippen LogP contribution in [0.3, 0.4) is 0 Å². The summed E-state index contributed by atoms with van der Waals surface area (Å²) in [7, 11) is 2.50. The van der Waals surface area contributed by atoms with Crippen LogP contribution in [0, 0.1) is 39.5 Å². The number of carbonyl (C=O) groups excluding carboxylic acids is 6. The Kier molecular flexibility index (Phi) is 8.06. The molecule has 266 valence electrons. The molecule has 12 nitrogen and oxygen atoms in total. The second-order valence-electron chi connectivity index (χ2n) is 13.3. The number of benzene rings is 2. The Bertz CT molecular complexity index is 2060. The van der Waals surface area contributed by atoms with E-state index in [1.165, 1.54) is 36.9 Å². The third-order valence-electron chi connectivity index (χ3n) is 10.9. The highest BCUT2D eigenvalue weighted by atomic mass is 32.1. The summed E-state index contributed by atoms with van der Waals surface area (Å²) in [5.74, 6) is -5.45. The predicted octanol–water partition coefficient (Wildman–Crippen LogP) is 5.06. The fraction of sp³-hybridized carbons (Fsp3) is 0.316. The van der Waals surface area contributed by atoms with Crippen molar-refractivity contribution in [1.29, 1.82) is 0 Å². The number of rotatable bonds is 6. The zero-order valence-electron chi connectivity index (χ0n) is 29.1. The van der Waals surface area contributed by atoms with Gasteiger partial charge in [-0.25, -0.2) is 29.4 Å². The normalized spacial score (nSPS) is 25.6. The second kappa shape index (κ2) is 12.3. The molecule has 0 bridgehead atoms. The molecule has 0 aliphatic carbocycles. The minimum atomic E-state index is -1.10. The molecule has 0 radical (unpaired) electrons. The number of fused-ring (bicyclic) bond motifs is 5. The molecule has 4 amide bonds. The second-order valence-corrected chi connectivity index (χ2v) is 15.8. The number of hydrogen-bond acceptors (Lipinski definition) is 12. The van der Waals surface area contributed by atoms with E-state index in [1.54, 1.807) is 23.9 Å². The number of esters is 2. The van der Waals surface area contributed by atoms with Gasteiger partial charge in [0.25, 0.3) is 11.8 Å². The van der Waals surface area contributed by atoms with Gasteiger partial charge in [-0.2, -0.15) is 0 Å². The Labute approximate surface area is 307 Å². The topological polar surface area (TPSA) is 134 Å². The number of imide groups is 2. The molecule has 4 fully saturated rings. The van der Waals surface area contributed by atoms with Gasteiger partial charge in [-0.15, -0.1) is 22.7 Å². The molecule has 6 heterocycles. The monoisotopic (exact) mass is 738 g/mol. The van der Waals surface area contributed by atoms with Crippen molar-refractivity contribution < 1.29 is 38.2 Å². The van der Waals surface area contributed by atoms with E-state index in [2.05, 4.69) is 0 Å². The minimum Gasteiger partial charge on any atom is -0.465 e. The molecule has 52 heavy (non-hydrogen) atoms. The van der Waals surface area contributed by atoms with E-state index in [-0.39, 0.29) is 21.1 Å². The predicted molar refractivity (Wildman–Crippen MR) is 192 cm³/mol. The largest absolute Gasteiger partial charge is 0.465 e. The lowest BCUT2D eigenvalue weighted by Gasteiger charge is -2.35. The number of aryl methyl sites for hydroxylation is 2. The number of nitrogens with zero attached hydrogens (tertiary/aromatic N) is 4. The van der Waals surface area contributed by atoms with Crippen LogP contribution < -0.4 is 9.80 Å². The molecule has 2 aromatic carbocycles. The first-order valence-corrected chi connectivity index (χ1v) is 18.4. The van der Waals surface area contributed by atoms with Gasteiger partial charge >= 0.3 is 11.9 Å². The number of methoxy groups -OCH3 is 2. The van der Waals surface area contributed by atoms with Gasteiger partial charge in [0.15, 0.2) is 0 Å². The molecular weight excluding hydrogens is 705 g/mol. The molecule has 0 saturated carbocycles. The highest BCUT2D eigenvalue weighted by Crippen LogP contribution is 2.60. The van der Waals surface area contributed by atoms with Crippen LogP contribution in [0.4, 0.5) is 10.0 Å². The van der Waals surface area contributed by atoms with Crippen molar-refractivity contribution in [2.24, 2.45) is 11.8 Å². The van der Waals surface area contributed by atoms with Crippen LogP contribution in [0.15, 0.2) is 60.7 Å². The maximum absolute atomic E-state index is 14.9. The Morgan fingerprint density at radius 2 is 0.885 bits per heavy atom. The summed E-state index contributed by atoms with van der Waals surface area (Å²) >= 11 is 2.34. The van der Waals surface area contributed by atoms with E-state index in [0.717, 1.165) is 19.6 Å². The van der Waals surface area contributed by atoms with Crippen molar-refractivity contribution in [1.82, 2.24) is 10.0 Å². The molecule has 4 saturated heterocycles. The van der Waals surface area contributed by atoms with Crippen molar-refractivity contribution in [2.45, 2.75) is 51.9 Å². The first kappa shape index (κ1) is 34.1. The lowest BCUT2D eigenvalue weighted by molar-refractivity contribution is -0.135. The Morgan fingerprint density at radius 1 is 0.538 bits per heavy atom. The number of amides is 4. The average Bonchev–Trinajstić information content (AvgIpc) is 3.93. The molecule has 14 heteroatoms. The third kappa shape index (κ3) is 4.50. The first-order valence-electron chi connectivity index (χ1n) is 16.7. The summed E-state index contributed by atoms with van der Waals surface area (Å²) < 4.78 is 10.2. The molecular formula is C38H34N4O8S2. The fourth-order valence-electron chi connectivity index (χ4n) is 8.42. The molecule has 8 rings (SSSR count). The van der Waals surface area contributed by atoms with Gasteiger partial charge in [0.2, 0.25) is 11.8 Å². The lowest BCUT2D eigenvalue weighted by atomic mass is 9.84. The number of hydrazine groups is 1. The highest BCUT2D eigenvalue weighted by Gasteiger charge is 2.74. The van der Waals surface area contributed by atoms with Crippen LogP contribution in [0.1, 0.15) is 64.8 Å². The van der Waals surface area contributed by atoms with E-state index >= 15 is 0 Å². The third-order valence-corrected chi connectivity index (χ3v) is 13.3. The summed E-state index contributed by atoms with van der Waals surface area (Å²) in [6.07, 6.45) is 0. The zero-order valence-corrected chi connectivity index (χ0v) is 30.7. The Balaban J connectivity index is 1.33. The molecule has 6 atom stereocenters. The number of hydrogen-bond donors (Lipinski definition) is 0. The van der Waals surface area contributed by atoms with Crippen molar-refractivity contribution in [3.63, 3.8) is 0 Å². The van der Waals surface area contributed by atoms with Crippen LogP contribution in [-0.4, -0.2) is 71.9 Å². The maximum Gasteiger partial charge on any atom is 0.341 e. The molecule has 4 aliphatic rings. The van der Waals surface area contributed by atoms with Crippen LogP contribution in [0.25, 0.3) is 0 Å².